The maximum absolute atomic E-state index is 14.3. The van der Waals surface area contributed by atoms with Crippen molar-refractivity contribution in [2.24, 2.45) is 5.92 Å². The second-order valence-electron chi connectivity index (χ2n) is 7.62. The lowest BCUT2D eigenvalue weighted by Gasteiger charge is -2.23. The molecule has 1 N–H and O–H groups in total. The van der Waals surface area contributed by atoms with Crippen LogP contribution in [0.3, 0.4) is 0 Å². The molecule has 2 unspecified atom stereocenters. The number of H-pyrrole nitrogens is 1. The largest absolute Gasteiger partial charge is 0.467 e. The number of fused-ring (bicyclic) bond motifs is 1. The summed E-state index contributed by atoms with van der Waals surface area (Å²) in [5.41, 5.74) is 2.38. The maximum atomic E-state index is 14.3. The minimum atomic E-state index is -0.496. The highest BCUT2D eigenvalue weighted by atomic mass is 19.1. The number of aromatic amines is 1. The molecule has 1 aliphatic heterocycles. The number of anilines is 1. The summed E-state index contributed by atoms with van der Waals surface area (Å²) in [7, 11) is 1.45. The zero-order valence-corrected chi connectivity index (χ0v) is 17.3. The Balaban J connectivity index is 1.41. The summed E-state index contributed by atoms with van der Waals surface area (Å²) in [6, 6.07) is 4.16. The van der Waals surface area contributed by atoms with E-state index in [1.807, 2.05) is 28.0 Å². The molecule has 0 aromatic carbocycles. The van der Waals surface area contributed by atoms with E-state index in [0.29, 0.717) is 19.5 Å². The summed E-state index contributed by atoms with van der Waals surface area (Å²) in [6.45, 7) is 1.17. The van der Waals surface area contributed by atoms with Crippen LogP contribution in [0.15, 0.2) is 37.2 Å². The number of nitriles is 1. The lowest BCUT2D eigenvalue weighted by molar-refractivity contribution is 0.331. The monoisotopic (exact) mass is 433 g/mol. The number of hydrogen-bond acceptors (Lipinski definition) is 8. The molecule has 1 fully saturated rings. The topological polar surface area (TPSA) is 121 Å². The highest BCUT2D eigenvalue weighted by Gasteiger charge is 2.33. The number of aromatic nitrogens is 7. The molecule has 11 heteroatoms. The Morgan fingerprint density at radius 3 is 3.09 bits per heavy atom. The fourth-order valence-corrected chi connectivity index (χ4v) is 4.27. The van der Waals surface area contributed by atoms with Crippen molar-refractivity contribution >= 4 is 16.9 Å². The standard InChI is InChI=1S/C21H20FN9O/c1-32-21-25-9-16(22)20(29-21)30-7-4-13(10-30)17(2-5-23)31-11-14(8-28-31)18-15-3-6-24-19(15)27-12-26-18/h3,6,8-9,11-13,17H,2,4,7,10H2,1H3,(H,24,26,27). The van der Waals surface area contributed by atoms with E-state index in [4.69, 9.17) is 4.74 Å². The Bertz CT molecular complexity index is 1290. The maximum Gasteiger partial charge on any atom is 0.318 e. The molecule has 1 saturated heterocycles. The summed E-state index contributed by atoms with van der Waals surface area (Å²) >= 11 is 0. The molecule has 5 rings (SSSR count). The lowest BCUT2D eigenvalue weighted by Crippen LogP contribution is -2.26. The normalized spacial score (nSPS) is 16.9. The molecule has 32 heavy (non-hydrogen) atoms. The third kappa shape index (κ3) is 3.49. The van der Waals surface area contributed by atoms with Gasteiger partial charge in [-0.15, -0.1) is 0 Å². The molecule has 162 valence electrons. The minimum Gasteiger partial charge on any atom is -0.467 e. The van der Waals surface area contributed by atoms with Crippen molar-refractivity contribution in [3.8, 4) is 23.3 Å². The Hall–Kier alpha value is -4.07. The Kier molecular flexibility index (Phi) is 5.10. The van der Waals surface area contributed by atoms with Crippen LogP contribution in [0.1, 0.15) is 18.9 Å². The molecule has 4 aromatic rings. The second kappa shape index (κ2) is 8.22. The van der Waals surface area contributed by atoms with Gasteiger partial charge in [0.2, 0.25) is 0 Å². The van der Waals surface area contributed by atoms with Crippen molar-refractivity contribution in [2.45, 2.75) is 18.9 Å². The zero-order chi connectivity index (χ0) is 22.1. The average Bonchev–Trinajstić information content (AvgIpc) is 3.58. The van der Waals surface area contributed by atoms with Gasteiger partial charge in [-0.2, -0.15) is 15.3 Å². The van der Waals surface area contributed by atoms with Gasteiger partial charge in [-0.3, -0.25) is 4.68 Å². The Morgan fingerprint density at radius 1 is 1.34 bits per heavy atom. The highest BCUT2D eigenvalue weighted by Crippen LogP contribution is 2.34. The number of ether oxygens (including phenoxy) is 1. The average molecular weight is 433 g/mol. The van der Waals surface area contributed by atoms with Crippen molar-refractivity contribution in [1.82, 2.24) is 34.7 Å². The zero-order valence-electron chi connectivity index (χ0n) is 17.3. The molecule has 0 aliphatic carbocycles. The number of nitrogens with one attached hydrogen (secondary N) is 1. The van der Waals surface area contributed by atoms with Gasteiger partial charge < -0.3 is 14.6 Å². The molecule has 4 aromatic heterocycles. The molecular formula is C21H20FN9O. The van der Waals surface area contributed by atoms with Crippen molar-refractivity contribution in [2.75, 3.05) is 25.1 Å². The molecule has 5 heterocycles. The van der Waals surface area contributed by atoms with Gasteiger partial charge in [0.1, 0.15) is 12.0 Å². The number of rotatable bonds is 6. The predicted molar refractivity (Wildman–Crippen MR) is 113 cm³/mol. The van der Waals surface area contributed by atoms with E-state index in [-0.39, 0.29) is 23.8 Å². The van der Waals surface area contributed by atoms with Gasteiger partial charge in [0.15, 0.2) is 11.6 Å². The third-order valence-corrected chi connectivity index (χ3v) is 5.82. The molecule has 1 aliphatic rings. The van der Waals surface area contributed by atoms with Gasteiger partial charge in [0, 0.05) is 42.4 Å². The first-order valence-electron chi connectivity index (χ1n) is 10.2. The number of methoxy groups -OCH3 is 1. The number of nitrogens with zero attached hydrogens (tertiary/aromatic N) is 8. The van der Waals surface area contributed by atoms with Crippen LogP contribution in [0, 0.1) is 23.1 Å². The molecular weight excluding hydrogens is 413 g/mol. The van der Waals surface area contributed by atoms with E-state index in [1.54, 1.807) is 6.20 Å². The summed E-state index contributed by atoms with van der Waals surface area (Å²) in [5.74, 6) is -0.184. The smallest absolute Gasteiger partial charge is 0.318 e. The van der Waals surface area contributed by atoms with Crippen LogP contribution in [0.2, 0.25) is 0 Å². The van der Waals surface area contributed by atoms with E-state index < -0.39 is 5.82 Å². The van der Waals surface area contributed by atoms with Crippen molar-refractivity contribution in [3.05, 3.63) is 43.0 Å². The molecule has 0 radical (unpaired) electrons. The quantitative estimate of drug-likeness (QED) is 0.493. The molecule has 0 amide bonds. The van der Waals surface area contributed by atoms with E-state index >= 15 is 0 Å². The fraction of sp³-hybridized carbons (Fsp3) is 0.333. The highest BCUT2D eigenvalue weighted by molar-refractivity contribution is 5.89. The first-order valence-corrected chi connectivity index (χ1v) is 10.2. The molecule has 2 atom stereocenters. The SMILES string of the molecule is COc1ncc(F)c(N2CCC(C(CC#N)n3cc(-c4ncnc5[nH]ccc45)cn3)C2)n1. The number of halogens is 1. The fourth-order valence-electron chi connectivity index (χ4n) is 4.27. The van der Waals surface area contributed by atoms with Crippen LogP contribution in [-0.4, -0.2) is 54.9 Å². The molecule has 0 saturated carbocycles. The molecule has 10 nitrogen and oxygen atoms in total. The summed E-state index contributed by atoms with van der Waals surface area (Å²) < 4.78 is 21.2. The Morgan fingerprint density at radius 2 is 2.25 bits per heavy atom. The van der Waals surface area contributed by atoms with Gasteiger partial charge >= 0.3 is 6.01 Å². The van der Waals surface area contributed by atoms with E-state index in [1.165, 1.54) is 13.4 Å². The van der Waals surface area contributed by atoms with Crippen LogP contribution >= 0.6 is 0 Å². The minimum absolute atomic E-state index is 0.0976. The number of hydrogen-bond donors (Lipinski definition) is 1. The predicted octanol–water partition coefficient (Wildman–Crippen LogP) is 2.74. The Labute approximate surface area is 182 Å². The van der Waals surface area contributed by atoms with Gasteiger partial charge in [-0.05, 0) is 12.5 Å². The van der Waals surface area contributed by atoms with Gasteiger partial charge in [-0.1, -0.05) is 0 Å². The van der Waals surface area contributed by atoms with Crippen LogP contribution in [0.5, 0.6) is 6.01 Å². The summed E-state index contributed by atoms with van der Waals surface area (Å²) in [4.78, 5) is 21.6. The van der Waals surface area contributed by atoms with Gasteiger partial charge in [0.05, 0.1) is 43.7 Å². The van der Waals surface area contributed by atoms with Crippen LogP contribution in [-0.2, 0) is 0 Å². The third-order valence-electron chi connectivity index (χ3n) is 5.82. The summed E-state index contributed by atoms with van der Waals surface area (Å²) in [6.07, 6.45) is 9.18. The van der Waals surface area contributed by atoms with E-state index in [9.17, 15) is 9.65 Å². The van der Waals surface area contributed by atoms with Crippen LogP contribution < -0.4 is 9.64 Å². The molecule has 0 bridgehead atoms. The van der Waals surface area contributed by atoms with Crippen LogP contribution in [0.4, 0.5) is 10.2 Å². The second-order valence-corrected chi connectivity index (χ2v) is 7.62. The van der Waals surface area contributed by atoms with Crippen molar-refractivity contribution < 1.29 is 9.13 Å². The lowest BCUT2D eigenvalue weighted by atomic mass is 9.96. The van der Waals surface area contributed by atoms with E-state index in [0.717, 1.165) is 34.9 Å². The molecule has 0 spiro atoms. The van der Waals surface area contributed by atoms with Gasteiger partial charge in [0.25, 0.3) is 0 Å². The van der Waals surface area contributed by atoms with Crippen molar-refractivity contribution in [1.29, 1.82) is 5.26 Å². The first-order chi connectivity index (χ1) is 15.7. The van der Waals surface area contributed by atoms with E-state index in [2.05, 4.69) is 36.1 Å². The summed E-state index contributed by atoms with van der Waals surface area (Å²) in [5, 5.41) is 14.9. The first kappa shape index (κ1) is 19.9. The van der Waals surface area contributed by atoms with Gasteiger partial charge in [-0.25, -0.2) is 19.3 Å². The van der Waals surface area contributed by atoms with Crippen LogP contribution in [0.25, 0.3) is 22.3 Å². The van der Waals surface area contributed by atoms with Crippen molar-refractivity contribution in [3.63, 3.8) is 0 Å².